The van der Waals surface area contributed by atoms with Crippen LogP contribution in [0.2, 0.25) is 0 Å². The SMILES string of the molecule is COC(=O)c1nccnc1NS(=O)(=O)Cc1cc(C)ccc1C(F)(F)F. The van der Waals surface area contributed by atoms with E-state index in [0.29, 0.717) is 5.56 Å². The summed E-state index contributed by atoms with van der Waals surface area (Å²) in [6.45, 7) is 1.54. The van der Waals surface area contributed by atoms with Crippen LogP contribution < -0.4 is 4.72 Å². The van der Waals surface area contributed by atoms with Gasteiger partial charge in [-0.15, -0.1) is 0 Å². The Balaban J connectivity index is 2.37. The highest BCUT2D eigenvalue weighted by atomic mass is 32.2. The van der Waals surface area contributed by atoms with Gasteiger partial charge < -0.3 is 4.74 Å². The third-order valence-electron chi connectivity index (χ3n) is 3.24. The molecule has 0 radical (unpaired) electrons. The summed E-state index contributed by atoms with van der Waals surface area (Å²) in [6, 6.07) is 3.20. The number of carbonyl (C=O) groups is 1. The van der Waals surface area contributed by atoms with E-state index in [0.717, 1.165) is 31.6 Å². The van der Waals surface area contributed by atoms with Gasteiger partial charge >= 0.3 is 12.1 Å². The van der Waals surface area contributed by atoms with Gasteiger partial charge in [0.2, 0.25) is 10.0 Å². The lowest BCUT2D eigenvalue weighted by atomic mass is 10.1. The molecule has 0 aliphatic rings. The van der Waals surface area contributed by atoms with Crippen LogP contribution in [0.4, 0.5) is 19.0 Å². The number of nitrogens with one attached hydrogen (secondary N) is 1. The Labute approximate surface area is 147 Å². The first-order chi connectivity index (χ1) is 12.0. The molecule has 2 rings (SSSR count). The van der Waals surface area contributed by atoms with E-state index in [1.807, 2.05) is 4.72 Å². The van der Waals surface area contributed by atoms with Crippen LogP contribution in [0, 0.1) is 6.92 Å². The maximum Gasteiger partial charge on any atom is 0.416 e. The van der Waals surface area contributed by atoms with E-state index in [4.69, 9.17) is 0 Å². The van der Waals surface area contributed by atoms with Gasteiger partial charge in [0.15, 0.2) is 11.5 Å². The molecule has 0 spiro atoms. The van der Waals surface area contributed by atoms with Gasteiger partial charge in [-0.1, -0.05) is 17.7 Å². The van der Waals surface area contributed by atoms with Gasteiger partial charge in [-0.2, -0.15) is 13.2 Å². The Morgan fingerprint density at radius 2 is 1.88 bits per heavy atom. The lowest BCUT2D eigenvalue weighted by molar-refractivity contribution is -0.138. The standard InChI is InChI=1S/C15H14F3N3O4S/c1-9-3-4-11(15(16,17)18)10(7-9)8-26(23,24)21-13-12(14(22)25-2)19-5-6-20-13/h3-7H,8H2,1-2H3,(H,20,21). The number of benzene rings is 1. The van der Waals surface area contributed by atoms with E-state index in [-0.39, 0.29) is 0 Å². The monoisotopic (exact) mass is 389 g/mol. The minimum Gasteiger partial charge on any atom is -0.464 e. The molecule has 26 heavy (non-hydrogen) atoms. The zero-order valence-electron chi connectivity index (χ0n) is 13.7. The molecule has 0 fully saturated rings. The molecular weight excluding hydrogens is 375 g/mol. The van der Waals surface area contributed by atoms with E-state index in [2.05, 4.69) is 14.7 Å². The minimum atomic E-state index is -4.71. The Morgan fingerprint density at radius 3 is 2.50 bits per heavy atom. The summed E-state index contributed by atoms with van der Waals surface area (Å²) < 4.78 is 70.4. The minimum absolute atomic E-state index is 0.404. The topological polar surface area (TPSA) is 98.2 Å². The molecule has 2 aromatic rings. The summed E-state index contributed by atoms with van der Waals surface area (Å²) in [7, 11) is -3.24. The maximum atomic E-state index is 13.1. The molecule has 0 aliphatic carbocycles. The molecule has 0 bridgehead atoms. The quantitative estimate of drug-likeness (QED) is 0.789. The Kier molecular flexibility index (Phi) is 5.50. The second-order valence-electron chi connectivity index (χ2n) is 5.26. The van der Waals surface area contributed by atoms with Crippen LogP contribution in [-0.4, -0.2) is 31.5 Å². The number of anilines is 1. The summed E-state index contributed by atoms with van der Waals surface area (Å²) >= 11 is 0. The molecule has 0 unspecified atom stereocenters. The van der Waals surface area contributed by atoms with Crippen molar-refractivity contribution in [3.05, 3.63) is 53.0 Å². The van der Waals surface area contributed by atoms with Crippen molar-refractivity contribution in [1.29, 1.82) is 0 Å². The van der Waals surface area contributed by atoms with Crippen molar-refractivity contribution in [2.45, 2.75) is 18.9 Å². The van der Waals surface area contributed by atoms with Crippen molar-refractivity contribution in [3.63, 3.8) is 0 Å². The van der Waals surface area contributed by atoms with Gasteiger partial charge in [0.05, 0.1) is 18.4 Å². The van der Waals surface area contributed by atoms with E-state index >= 15 is 0 Å². The second kappa shape index (κ2) is 7.28. The normalized spacial score (nSPS) is 11.9. The highest BCUT2D eigenvalue weighted by molar-refractivity contribution is 7.91. The van der Waals surface area contributed by atoms with Crippen molar-refractivity contribution < 1.29 is 31.1 Å². The number of ether oxygens (including phenoxy) is 1. The van der Waals surface area contributed by atoms with E-state index in [9.17, 15) is 26.4 Å². The molecule has 0 saturated heterocycles. The summed E-state index contributed by atoms with van der Waals surface area (Å²) in [5.74, 6) is -2.33. The second-order valence-corrected chi connectivity index (χ2v) is 6.99. The lowest BCUT2D eigenvalue weighted by Crippen LogP contribution is -2.21. The highest BCUT2D eigenvalue weighted by Gasteiger charge is 2.34. The third-order valence-corrected chi connectivity index (χ3v) is 4.44. The first-order valence-electron chi connectivity index (χ1n) is 7.10. The summed E-state index contributed by atoms with van der Waals surface area (Å²) in [5, 5.41) is 0. The fraction of sp³-hybridized carbons (Fsp3) is 0.267. The van der Waals surface area contributed by atoms with Crippen molar-refractivity contribution in [2.24, 2.45) is 0 Å². The first kappa shape index (κ1) is 19.6. The predicted octanol–water partition coefficient (Wildman–Crippen LogP) is 2.53. The average molecular weight is 389 g/mol. The molecule has 7 nitrogen and oxygen atoms in total. The molecule has 0 atom stereocenters. The van der Waals surface area contributed by atoms with Crippen molar-refractivity contribution in [3.8, 4) is 0 Å². The number of aryl methyl sites for hydroxylation is 1. The molecule has 1 heterocycles. The Hall–Kier alpha value is -2.69. The number of esters is 1. The number of hydrogen-bond acceptors (Lipinski definition) is 6. The van der Waals surface area contributed by atoms with Crippen molar-refractivity contribution in [2.75, 3.05) is 11.8 Å². The molecule has 0 aliphatic heterocycles. The molecule has 1 N–H and O–H groups in total. The number of rotatable bonds is 5. The van der Waals surface area contributed by atoms with Crippen LogP contribution in [0.25, 0.3) is 0 Å². The van der Waals surface area contributed by atoms with Crippen LogP contribution in [0.5, 0.6) is 0 Å². The highest BCUT2D eigenvalue weighted by Crippen LogP contribution is 2.33. The molecule has 0 amide bonds. The first-order valence-corrected chi connectivity index (χ1v) is 8.75. The van der Waals surface area contributed by atoms with E-state index < -0.39 is 50.6 Å². The van der Waals surface area contributed by atoms with E-state index in [1.54, 1.807) is 6.92 Å². The fourth-order valence-electron chi connectivity index (χ4n) is 2.17. The number of alkyl halides is 3. The summed E-state index contributed by atoms with van der Waals surface area (Å²) in [5.41, 5.74) is -1.41. The van der Waals surface area contributed by atoms with Crippen LogP contribution in [0.1, 0.15) is 27.2 Å². The average Bonchev–Trinajstić information content (AvgIpc) is 2.52. The van der Waals surface area contributed by atoms with Gasteiger partial charge in [-0.25, -0.2) is 23.2 Å². The molecule has 1 aromatic heterocycles. The van der Waals surface area contributed by atoms with Gasteiger partial charge in [0.1, 0.15) is 0 Å². The number of hydrogen-bond donors (Lipinski definition) is 1. The van der Waals surface area contributed by atoms with Crippen molar-refractivity contribution in [1.82, 2.24) is 9.97 Å². The number of methoxy groups -OCH3 is 1. The smallest absolute Gasteiger partial charge is 0.416 e. The van der Waals surface area contributed by atoms with Crippen LogP contribution in [-0.2, 0) is 26.7 Å². The van der Waals surface area contributed by atoms with Gasteiger partial charge in [-0.05, 0) is 18.6 Å². The van der Waals surface area contributed by atoms with Gasteiger partial charge in [0.25, 0.3) is 0 Å². The predicted molar refractivity (Wildman–Crippen MR) is 85.8 cm³/mol. The Bertz CT molecular complexity index is 930. The van der Waals surface area contributed by atoms with Gasteiger partial charge in [0, 0.05) is 12.4 Å². The Morgan fingerprint density at radius 1 is 1.23 bits per heavy atom. The fourth-order valence-corrected chi connectivity index (χ4v) is 3.33. The zero-order valence-corrected chi connectivity index (χ0v) is 14.5. The lowest BCUT2D eigenvalue weighted by Gasteiger charge is -2.15. The third kappa shape index (κ3) is 4.69. The molecule has 140 valence electrons. The van der Waals surface area contributed by atoms with E-state index in [1.165, 1.54) is 6.07 Å². The number of halogens is 3. The van der Waals surface area contributed by atoms with Crippen LogP contribution in [0.15, 0.2) is 30.6 Å². The molecule has 1 aromatic carbocycles. The maximum absolute atomic E-state index is 13.1. The number of aromatic nitrogens is 2. The van der Waals surface area contributed by atoms with Crippen LogP contribution >= 0.6 is 0 Å². The zero-order chi connectivity index (χ0) is 19.5. The summed E-state index contributed by atoms with van der Waals surface area (Å²) in [6.07, 6.45) is -2.44. The molecule has 11 heteroatoms. The largest absolute Gasteiger partial charge is 0.464 e. The summed E-state index contributed by atoms with van der Waals surface area (Å²) in [4.78, 5) is 19.0. The van der Waals surface area contributed by atoms with Crippen LogP contribution in [0.3, 0.4) is 0 Å². The molecule has 0 saturated carbocycles. The number of carbonyl (C=O) groups excluding carboxylic acids is 1. The van der Waals surface area contributed by atoms with Crippen molar-refractivity contribution >= 4 is 21.8 Å². The number of nitrogens with zero attached hydrogens (tertiary/aromatic N) is 2. The molecular formula is C15H14F3N3O4S. The number of sulfonamides is 1. The van der Waals surface area contributed by atoms with Gasteiger partial charge in [-0.3, -0.25) is 4.72 Å².